The van der Waals surface area contributed by atoms with Gasteiger partial charge in [0.05, 0.1) is 17.8 Å². The molecule has 0 fully saturated rings. The van der Waals surface area contributed by atoms with Crippen molar-refractivity contribution in [3.63, 3.8) is 0 Å². The SMILES string of the molecule is CCCNCc1cc(OCCCOC)c2ccccc2n1. The molecule has 4 heteroatoms. The zero-order chi connectivity index (χ0) is 14.9. The van der Waals surface area contributed by atoms with E-state index in [9.17, 15) is 0 Å². The van der Waals surface area contributed by atoms with Crippen molar-refractivity contribution in [3.8, 4) is 5.75 Å². The molecule has 0 saturated carbocycles. The molecule has 0 aliphatic carbocycles. The van der Waals surface area contributed by atoms with Crippen LogP contribution in [0, 0.1) is 0 Å². The maximum atomic E-state index is 5.92. The third-order valence-electron chi connectivity index (χ3n) is 3.21. The fraction of sp³-hybridized carbons (Fsp3) is 0.471. The highest BCUT2D eigenvalue weighted by Crippen LogP contribution is 2.25. The van der Waals surface area contributed by atoms with Crippen LogP contribution in [0.25, 0.3) is 10.9 Å². The number of methoxy groups -OCH3 is 1. The van der Waals surface area contributed by atoms with E-state index >= 15 is 0 Å². The van der Waals surface area contributed by atoms with Crippen LogP contribution in [0.3, 0.4) is 0 Å². The van der Waals surface area contributed by atoms with Crippen molar-refractivity contribution in [2.45, 2.75) is 26.3 Å². The van der Waals surface area contributed by atoms with E-state index in [0.717, 1.165) is 48.3 Å². The van der Waals surface area contributed by atoms with Gasteiger partial charge in [0.2, 0.25) is 0 Å². The second kappa shape index (κ2) is 8.60. The molecule has 0 aliphatic rings. The molecule has 1 heterocycles. The van der Waals surface area contributed by atoms with Crippen LogP contribution in [0.15, 0.2) is 30.3 Å². The molecule has 4 nitrogen and oxygen atoms in total. The molecule has 0 atom stereocenters. The van der Waals surface area contributed by atoms with Crippen molar-refractivity contribution in [2.75, 3.05) is 26.9 Å². The molecule has 0 aliphatic heterocycles. The summed E-state index contributed by atoms with van der Waals surface area (Å²) >= 11 is 0. The molecular formula is C17H24N2O2. The first-order valence-corrected chi connectivity index (χ1v) is 7.56. The van der Waals surface area contributed by atoms with Gasteiger partial charge in [0.25, 0.3) is 0 Å². The number of nitrogens with one attached hydrogen (secondary N) is 1. The number of rotatable bonds is 9. The zero-order valence-electron chi connectivity index (χ0n) is 12.9. The molecule has 0 amide bonds. The molecular weight excluding hydrogens is 264 g/mol. The summed E-state index contributed by atoms with van der Waals surface area (Å²) in [5.74, 6) is 0.907. The Morgan fingerprint density at radius 3 is 2.86 bits per heavy atom. The van der Waals surface area contributed by atoms with Crippen LogP contribution in [-0.4, -0.2) is 31.9 Å². The van der Waals surface area contributed by atoms with Gasteiger partial charge in [0, 0.05) is 38.1 Å². The van der Waals surface area contributed by atoms with Crippen LogP contribution in [-0.2, 0) is 11.3 Å². The summed E-state index contributed by atoms with van der Waals surface area (Å²) in [7, 11) is 1.71. The Kier molecular flexibility index (Phi) is 6.44. The monoisotopic (exact) mass is 288 g/mol. The number of fused-ring (bicyclic) bond motifs is 1. The van der Waals surface area contributed by atoms with Gasteiger partial charge in [-0.1, -0.05) is 19.1 Å². The maximum Gasteiger partial charge on any atom is 0.130 e. The predicted molar refractivity (Wildman–Crippen MR) is 85.7 cm³/mol. The number of pyridine rings is 1. The third kappa shape index (κ3) is 4.69. The van der Waals surface area contributed by atoms with Crippen LogP contribution in [0.4, 0.5) is 0 Å². The molecule has 1 aromatic carbocycles. The number of nitrogens with zero attached hydrogens (tertiary/aromatic N) is 1. The number of para-hydroxylation sites is 1. The summed E-state index contributed by atoms with van der Waals surface area (Å²) in [5.41, 5.74) is 2.00. The van der Waals surface area contributed by atoms with Crippen molar-refractivity contribution in [2.24, 2.45) is 0 Å². The molecule has 1 N–H and O–H groups in total. The van der Waals surface area contributed by atoms with Gasteiger partial charge in [-0.05, 0) is 25.1 Å². The zero-order valence-corrected chi connectivity index (χ0v) is 12.9. The Labute approximate surface area is 126 Å². The minimum Gasteiger partial charge on any atom is -0.493 e. The molecule has 21 heavy (non-hydrogen) atoms. The topological polar surface area (TPSA) is 43.4 Å². The van der Waals surface area contributed by atoms with Gasteiger partial charge in [0.15, 0.2) is 0 Å². The van der Waals surface area contributed by atoms with E-state index in [1.165, 1.54) is 0 Å². The maximum absolute atomic E-state index is 5.92. The second-order valence-electron chi connectivity index (χ2n) is 5.00. The first-order valence-electron chi connectivity index (χ1n) is 7.56. The Morgan fingerprint density at radius 1 is 1.19 bits per heavy atom. The summed E-state index contributed by atoms with van der Waals surface area (Å²) < 4.78 is 11.0. The quantitative estimate of drug-likeness (QED) is 0.720. The van der Waals surface area contributed by atoms with Gasteiger partial charge in [-0.15, -0.1) is 0 Å². The van der Waals surface area contributed by atoms with E-state index in [-0.39, 0.29) is 0 Å². The number of hydrogen-bond donors (Lipinski definition) is 1. The van der Waals surface area contributed by atoms with Crippen LogP contribution in [0.2, 0.25) is 0 Å². The first-order chi connectivity index (χ1) is 10.3. The fourth-order valence-corrected chi connectivity index (χ4v) is 2.18. The standard InChI is InChI=1S/C17H24N2O2/c1-3-9-18-13-14-12-17(21-11-6-10-20-2)15-7-4-5-8-16(15)19-14/h4-5,7-8,12,18H,3,6,9-11,13H2,1-2H3. The number of benzene rings is 1. The molecule has 2 aromatic rings. The molecule has 2 rings (SSSR count). The molecule has 1 aromatic heterocycles. The summed E-state index contributed by atoms with van der Waals surface area (Å²) in [6, 6.07) is 10.1. The van der Waals surface area contributed by atoms with E-state index in [0.29, 0.717) is 13.2 Å². The summed E-state index contributed by atoms with van der Waals surface area (Å²) in [4.78, 5) is 4.68. The van der Waals surface area contributed by atoms with Gasteiger partial charge < -0.3 is 14.8 Å². The van der Waals surface area contributed by atoms with E-state index in [1.807, 2.05) is 24.3 Å². The Bertz CT molecular complexity index is 557. The summed E-state index contributed by atoms with van der Waals surface area (Å²) in [5, 5.41) is 4.45. The lowest BCUT2D eigenvalue weighted by Gasteiger charge is -2.11. The molecule has 0 radical (unpaired) electrons. The first kappa shape index (κ1) is 15.7. The highest BCUT2D eigenvalue weighted by atomic mass is 16.5. The number of hydrogen-bond acceptors (Lipinski definition) is 4. The number of aromatic nitrogens is 1. The fourth-order valence-electron chi connectivity index (χ4n) is 2.18. The summed E-state index contributed by atoms with van der Waals surface area (Å²) in [6.45, 7) is 5.30. The van der Waals surface area contributed by atoms with Gasteiger partial charge in [-0.3, -0.25) is 4.98 Å². The van der Waals surface area contributed by atoms with Gasteiger partial charge >= 0.3 is 0 Å². The minimum atomic E-state index is 0.656. The normalized spacial score (nSPS) is 11.0. The van der Waals surface area contributed by atoms with Crippen molar-refractivity contribution >= 4 is 10.9 Å². The van der Waals surface area contributed by atoms with Crippen LogP contribution in [0.5, 0.6) is 5.75 Å². The lowest BCUT2D eigenvalue weighted by molar-refractivity contribution is 0.172. The van der Waals surface area contributed by atoms with Crippen molar-refractivity contribution in [3.05, 3.63) is 36.0 Å². The van der Waals surface area contributed by atoms with Gasteiger partial charge in [-0.25, -0.2) is 0 Å². The molecule has 0 saturated heterocycles. The van der Waals surface area contributed by atoms with Crippen LogP contribution in [0.1, 0.15) is 25.5 Å². The van der Waals surface area contributed by atoms with Crippen molar-refractivity contribution < 1.29 is 9.47 Å². The van der Waals surface area contributed by atoms with E-state index in [2.05, 4.69) is 23.3 Å². The van der Waals surface area contributed by atoms with E-state index < -0.39 is 0 Å². The third-order valence-corrected chi connectivity index (χ3v) is 3.21. The average Bonchev–Trinajstić information content (AvgIpc) is 2.52. The van der Waals surface area contributed by atoms with Gasteiger partial charge in [0.1, 0.15) is 5.75 Å². The lowest BCUT2D eigenvalue weighted by atomic mass is 10.2. The molecule has 0 unspecified atom stereocenters. The number of ether oxygens (including phenoxy) is 2. The summed E-state index contributed by atoms with van der Waals surface area (Å²) in [6.07, 6.45) is 2.00. The molecule has 114 valence electrons. The highest BCUT2D eigenvalue weighted by Gasteiger charge is 2.06. The largest absolute Gasteiger partial charge is 0.493 e. The molecule has 0 bridgehead atoms. The van der Waals surface area contributed by atoms with Gasteiger partial charge in [-0.2, -0.15) is 0 Å². The van der Waals surface area contributed by atoms with Crippen LogP contribution < -0.4 is 10.1 Å². The lowest BCUT2D eigenvalue weighted by Crippen LogP contribution is -2.15. The van der Waals surface area contributed by atoms with E-state index in [1.54, 1.807) is 7.11 Å². The Balaban J connectivity index is 2.14. The second-order valence-corrected chi connectivity index (χ2v) is 5.00. The smallest absolute Gasteiger partial charge is 0.130 e. The van der Waals surface area contributed by atoms with Crippen molar-refractivity contribution in [1.29, 1.82) is 0 Å². The van der Waals surface area contributed by atoms with E-state index in [4.69, 9.17) is 9.47 Å². The minimum absolute atomic E-state index is 0.656. The molecule has 0 spiro atoms. The Hall–Kier alpha value is -1.65. The van der Waals surface area contributed by atoms with Crippen molar-refractivity contribution in [1.82, 2.24) is 10.3 Å². The Morgan fingerprint density at radius 2 is 2.05 bits per heavy atom. The van der Waals surface area contributed by atoms with Crippen LogP contribution >= 0.6 is 0 Å². The average molecular weight is 288 g/mol. The predicted octanol–water partition coefficient (Wildman–Crippen LogP) is 3.15. The highest BCUT2D eigenvalue weighted by molar-refractivity contribution is 5.85.